The Balaban J connectivity index is 2.32. The van der Waals surface area contributed by atoms with Crippen LogP contribution in [0.1, 0.15) is 41.5 Å². The average Bonchev–Trinajstić information content (AvgIpc) is 3.23. The summed E-state index contributed by atoms with van der Waals surface area (Å²) < 4.78 is 40.9. The van der Waals surface area contributed by atoms with Gasteiger partial charge in [0.2, 0.25) is 11.3 Å². The van der Waals surface area contributed by atoms with Gasteiger partial charge < -0.3 is 16.0 Å². The zero-order valence-corrected chi connectivity index (χ0v) is 17.9. The van der Waals surface area contributed by atoms with Crippen LogP contribution in [0.5, 0.6) is 0 Å². The zero-order chi connectivity index (χ0) is 23.6. The summed E-state index contributed by atoms with van der Waals surface area (Å²) in [6, 6.07) is 2.15. The number of anilines is 1. The molecular formula is C20H20F3N5O3S. The lowest BCUT2D eigenvalue weighted by Gasteiger charge is -2.25. The number of carbonyl (C=O) groups excluding carboxylic acids is 2. The second kappa shape index (κ2) is 9.09. The van der Waals surface area contributed by atoms with E-state index in [0.29, 0.717) is 0 Å². The van der Waals surface area contributed by atoms with Crippen LogP contribution in [0, 0.1) is 5.92 Å². The third-order valence-electron chi connectivity index (χ3n) is 4.73. The van der Waals surface area contributed by atoms with Crippen molar-refractivity contribution in [3.05, 3.63) is 56.8 Å². The standard InChI is InChI=1S/C20H20F3N5O3S/c1-9(2)14(26-12(29)8-24)16-13(18(31)28-19-25-6-7-32-19)17(30)10-4-3-5-11(15(10)27-16)20(21,22)23/h3-7,9,14H,8,24H2,1-2H3,(H,26,29)(H,27,30)(H,25,28,31)/t14-/m0/s1. The minimum atomic E-state index is -4.75. The molecule has 32 heavy (non-hydrogen) atoms. The van der Waals surface area contributed by atoms with Gasteiger partial charge in [0, 0.05) is 17.0 Å². The van der Waals surface area contributed by atoms with Crippen molar-refractivity contribution in [2.45, 2.75) is 26.1 Å². The first-order valence-corrected chi connectivity index (χ1v) is 10.4. The minimum absolute atomic E-state index is 0.148. The average molecular weight is 467 g/mol. The molecule has 0 bridgehead atoms. The molecule has 8 nitrogen and oxygen atoms in total. The first-order valence-electron chi connectivity index (χ1n) is 9.51. The second-order valence-corrected chi connectivity index (χ2v) is 8.15. The number of nitrogens with zero attached hydrogens (tertiary/aromatic N) is 1. The number of aromatic nitrogens is 2. The lowest BCUT2D eigenvalue weighted by molar-refractivity contribution is -0.136. The maximum absolute atomic E-state index is 13.6. The number of hydrogen-bond acceptors (Lipinski definition) is 6. The summed E-state index contributed by atoms with van der Waals surface area (Å²) in [5, 5.41) is 6.56. The number of fused-ring (bicyclic) bond motifs is 1. The zero-order valence-electron chi connectivity index (χ0n) is 17.0. The van der Waals surface area contributed by atoms with Crippen molar-refractivity contribution in [3.63, 3.8) is 0 Å². The number of nitrogens with one attached hydrogen (secondary N) is 3. The predicted octanol–water partition coefficient (Wildman–Crippen LogP) is 3.03. The first kappa shape index (κ1) is 23.4. The SMILES string of the molecule is CC(C)[C@H](NC(=O)CN)c1[nH]c2c(C(F)(F)F)cccc2c(=O)c1C(=O)Nc1nccs1. The lowest BCUT2D eigenvalue weighted by Crippen LogP contribution is -2.39. The Morgan fingerprint density at radius 2 is 2.00 bits per heavy atom. The van der Waals surface area contributed by atoms with Crippen molar-refractivity contribution in [1.82, 2.24) is 15.3 Å². The van der Waals surface area contributed by atoms with Gasteiger partial charge in [-0.05, 0) is 18.1 Å². The highest BCUT2D eigenvalue weighted by atomic mass is 32.1. The van der Waals surface area contributed by atoms with Gasteiger partial charge in [-0.25, -0.2) is 4.98 Å². The fourth-order valence-corrected chi connectivity index (χ4v) is 3.80. The van der Waals surface area contributed by atoms with Crippen LogP contribution in [0.4, 0.5) is 18.3 Å². The molecule has 2 amide bonds. The number of carbonyl (C=O) groups is 2. The summed E-state index contributed by atoms with van der Waals surface area (Å²) in [6.07, 6.45) is -3.31. The largest absolute Gasteiger partial charge is 0.418 e. The molecule has 0 saturated carbocycles. The maximum atomic E-state index is 13.6. The molecule has 0 radical (unpaired) electrons. The van der Waals surface area contributed by atoms with Gasteiger partial charge in [-0.3, -0.25) is 19.7 Å². The molecule has 170 valence electrons. The molecule has 0 spiro atoms. The van der Waals surface area contributed by atoms with E-state index in [9.17, 15) is 27.6 Å². The van der Waals surface area contributed by atoms with Gasteiger partial charge >= 0.3 is 6.18 Å². The van der Waals surface area contributed by atoms with Crippen molar-refractivity contribution < 1.29 is 22.8 Å². The van der Waals surface area contributed by atoms with Crippen LogP contribution in [-0.2, 0) is 11.0 Å². The van der Waals surface area contributed by atoms with Crippen LogP contribution in [0.2, 0.25) is 0 Å². The number of hydrogen-bond donors (Lipinski definition) is 4. The molecule has 0 aliphatic heterocycles. The monoisotopic (exact) mass is 467 g/mol. The second-order valence-electron chi connectivity index (χ2n) is 7.25. The Morgan fingerprint density at radius 3 is 2.56 bits per heavy atom. The molecule has 0 fully saturated rings. The Labute approximate surface area is 184 Å². The van der Waals surface area contributed by atoms with Gasteiger partial charge in [-0.15, -0.1) is 11.3 Å². The number of halogens is 3. The number of benzene rings is 1. The highest BCUT2D eigenvalue weighted by molar-refractivity contribution is 7.13. The van der Waals surface area contributed by atoms with Crippen molar-refractivity contribution >= 4 is 39.2 Å². The van der Waals surface area contributed by atoms with E-state index in [1.807, 2.05) is 0 Å². The van der Waals surface area contributed by atoms with Crippen LogP contribution >= 0.6 is 11.3 Å². The summed E-state index contributed by atoms with van der Waals surface area (Å²) in [5.74, 6) is -1.86. The number of aromatic amines is 1. The number of pyridine rings is 1. The molecule has 5 N–H and O–H groups in total. The number of nitrogens with two attached hydrogens (primary N) is 1. The van der Waals surface area contributed by atoms with E-state index in [0.717, 1.165) is 23.5 Å². The van der Waals surface area contributed by atoms with E-state index < -0.39 is 52.0 Å². The molecule has 0 aliphatic carbocycles. The van der Waals surface area contributed by atoms with Gasteiger partial charge in [0.15, 0.2) is 5.13 Å². The lowest BCUT2D eigenvalue weighted by atomic mass is 9.94. The van der Waals surface area contributed by atoms with E-state index >= 15 is 0 Å². The molecule has 1 atom stereocenters. The van der Waals surface area contributed by atoms with Gasteiger partial charge in [0.1, 0.15) is 5.56 Å². The number of H-pyrrole nitrogens is 1. The molecule has 0 aliphatic rings. The maximum Gasteiger partial charge on any atom is 0.418 e. The van der Waals surface area contributed by atoms with E-state index in [2.05, 4.69) is 20.6 Å². The van der Waals surface area contributed by atoms with Gasteiger partial charge in [0.05, 0.1) is 29.4 Å². The third kappa shape index (κ3) is 4.65. The summed E-state index contributed by atoms with van der Waals surface area (Å²) in [4.78, 5) is 44.9. The van der Waals surface area contributed by atoms with Gasteiger partial charge in [0.25, 0.3) is 5.91 Å². The molecular weight excluding hydrogens is 447 g/mol. The molecule has 12 heteroatoms. The summed E-state index contributed by atoms with van der Waals surface area (Å²) in [5.41, 5.74) is 2.37. The summed E-state index contributed by atoms with van der Waals surface area (Å²) in [6.45, 7) is 2.99. The van der Waals surface area contributed by atoms with Crippen molar-refractivity contribution in [2.24, 2.45) is 11.7 Å². The minimum Gasteiger partial charge on any atom is -0.355 e. The molecule has 0 saturated heterocycles. The fraction of sp³-hybridized carbons (Fsp3) is 0.300. The topological polar surface area (TPSA) is 130 Å². The summed E-state index contributed by atoms with van der Waals surface area (Å²) in [7, 11) is 0. The molecule has 2 aromatic heterocycles. The van der Waals surface area contributed by atoms with Gasteiger partial charge in [-0.2, -0.15) is 13.2 Å². The number of amides is 2. The van der Waals surface area contributed by atoms with Crippen molar-refractivity contribution in [3.8, 4) is 0 Å². The van der Waals surface area contributed by atoms with Crippen LogP contribution in [-0.4, -0.2) is 28.3 Å². The number of rotatable bonds is 6. The number of thiazole rings is 1. The Bertz CT molecular complexity index is 1210. The fourth-order valence-electron chi connectivity index (χ4n) is 3.27. The van der Waals surface area contributed by atoms with Crippen LogP contribution in [0.15, 0.2) is 34.6 Å². The number of para-hydroxylation sites is 1. The van der Waals surface area contributed by atoms with Crippen LogP contribution in [0.25, 0.3) is 10.9 Å². The quantitative estimate of drug-likeness (QED) is 0.443. The van der Waals surface area contributed by atoms with E-state index in [1.165, 1.54) is 12.3 Å². The molecule has 3 aromatic rings. The van der Waals surface area contributed by atoms with Crippen LogP contribution in [0.3, 0.4) is 0 Å². The van der Waals surface area contributed by atoms with Crippen LogP contribution < -0.4 is 21.8 Å². The highest BCUT2D eigenvalue weighted by Crippen LogP contribution is 2.34. The predicted molar refractivity (Wildman–Crippen MR) is 114 cm³/mol. The molecule has 3 rings (SSSR count). The van der Waals surface area contributed by atoms with E-state index in [1.54, 1.807) is 19.2 Å². The number of alkyl halides is 3. The Kier molecular flexibility index (Phi) is 6.65. The van der Waals surface area contributed by atoms with Crippen molar-refractivity contribution in [2.75, 3.05) is 11.9 Å². The smallest absolute Gasteiger partial charge is 0.355 e. The van der Waals surface area contributed by atoms with E-state index in [4.69, 9.17) is 5.73 Å². The summed E-state index contributed by atoms with van der Waals surface area (Å²) >= 11 is 1.11. The third-order valence-corrected chi connectivity index (χ3v) is 5.42. The van der Waals surface area contributed by atoms with Crippen molar-refractivity contribution in [1.29, 1.82) is 0 Å². The molecule has 2 heterocycles. The Hall–Kier alpha value is -3.25. The molecule has 1 aromatic carbocycles. The van der Waals surface area contributed by atoms with Gasteiger partial charge in [-0.1, -0.05) is 19.9 Å². The highest BCUT2D eigenvalue weighted by Gasteiger charge is 2.35. The molecule has 0 unspecified atom stereocenters. The first-order chi connectivity index (χ1) is 15.0. The Morgan fingerprint density at radius 1 is 1.28 bits per heavy atom. The van der Waals surface area contributed by atoms with E-state index in [-0.39, 0.29) is 22.8 Å². The normalized spacial score (nSPS) is 12.7.